The lowest BCUT2D eigenvalue weighted by Crippen LogP contribution is -1.98. The fourth-order valence-electron chi connectivity index (χ4n) is 2.51. The number of H-pyrrole nitrogens is 1. The Morgan fingerprint density at radius 3 is 2.73 bits per heavy atom. The fourth-order valence-corrected chi connectivity index (χ4v) is 2.51. The zero-order valence-electron chi connectivity index (χ0n) is 13.4. The van der Waals surface area contributed by atoms with Gasteiger partial charge in [0, 0.05) is 17.1 Å². The second-order valence-electron chi connectivity index (χ2n) is 5.56. The highest BCUT2D eigenvalue weighted by molar-refractivity contribution is 5.90. The Kier molecular flexibility index (Phi) is 5.21. The van der Waals surface area contributed by atoms with Gasteiger partial charge in [0.25, 0.3) is 0 Å². The number of carboxylic acid groups (broad SMARTS) is 1. The van der Waals surface area contributed by atoms with Crippen LogP contribution in [-0.2, 0) is 11.2 Å². The van der Waals surface area contributed by atoms with Crippen LogP contribution in [0, 0.1) is 0 Å². The standard InChI is InChI=1S/C19H23NO2/c1-4-6-14(9-13(3)5-2)15-7-8-18-17(10-15)16(12-20-18)11-19(21)22/h6-10,12,20H,4-5,11H2,1-3H3,(H,21,22)/b13-9-,14-6+. The molecule has 1 aromatic heterocycles. The van der Waals surface area contributed by atoms with Crippen molar-refractivity contribution in [3.63, 3.8) is 0 Å². The number of aromatic amines is 1. The second-order valence-corrected chi connectivity index (χ2v) is 5.56. The second kappa shape index (κ2) is 7.12. The lowest BCUT2D eigenvalue weighted by atomic mass is 9.98. The molecule has 0 aliphatic carbocycles. The molecule has 3 heteroatoms. The first-order valence-electron chi connectivity index (χ1n) is 7.74. The van der Waals surface area contributed by atoms with E-state index in [1.54, 1.807) is 6.20 Å². The predicted molar refractivity (Wildman–Crippen MR) is 92.0 cm³/mol. The third-order valence-electron chi connectivity index (χ3n) is 3.83. The Morgan fingerprint density at radius 2 is 2.09 bits per heavy atom. The molecule has 1 aromatic carbocycles. The van der Waals surface area contributed by atoms with Gasteiger partial charge in [-0.2, -0.15) is 0 Å². The Hall–Kier alpha value is -2.29. The summed E-state index contributed by atoms with van der Waals surface area (Å²) >= 11 is 0. The number of hydrogen-bond acceptors (Lipinski definition) is 1. The molecule has 3 nitrogen and oxygen atoms in total. The highest BCUT2D eigenvalue weighted by Gasteiger charge is 2.09. The van der Waals surface area contributed by atoms with Gasteiger partial charge in [0.05, 0.1) is 6.42 Å². The van der Waals surface area contributed by atoms with Crippen molar-refractivity contribution < 1.29 is 9.90 Å². The minimum Gasteiger partial charge on any atom is -0.481 e. The van der Waals surface area contributed by atoms with Gasteiger partial charge in [0.15, 0.2) is 0 Å². The number of allylic oxidation sites excluding steroid dienone is 4. The Morgan fingerprint density at radius 1 is 1.32 bits per heavy atom. The lowest BCUT2D eigenvalue weighted by Gasteiger charge is -2.06. The number of carbonyl (C=O) groups is 1. The summed E-state index contributed by atoms with van der Waals surface area (Å²) in [5.74, 6) is -0.808. The Labute approximate surface area is 131 Å². The number of rotatable bonds is 6. The van der Waals surface area contributed by atoms with Gasteiger partial charge in [0.2, 0.25) is 0 Å². The van der Waals surface area contributed by atoms with Crippen LogP contribution >= 0.6 is 0 Å². The van der Waals surface area contributed by atoms with Gasteiger partial charge in [-0.3, -0.25) is 4.79 Å². The summed E-state index contributed by atoms with van der Waals surface area (Å²) in [4.78, 5) is 14.1. The van der Waals surface area contributed by atoms with Crippen LogP contribution in [0.15, 0.2) is 42.1 Å². The molecule has 0 amide bonds. The first-order valence-corrected chi connectivity index (χ1v) is 7.74. The molecule has 1 heterocycles. The lowest BCUT2D eigenvalue weighted by molar-refractivity contribution is -0.136. The average molecular weight is 297 g/mol. The third kappa shape index (κ3) is 3.67. The first kappa shape index (κ1) is 16.1. The van der Waals surface area contributed by atoms with E-state index in [4.69, 9.17) is 5.11 Å². The van der Waals surface area contributed by atoms with Gasteiger partial charge in [-0.15, -0.1) is 0 Å². The van der Waals surface area contributed by atoms with Crippen molar-refractivity contribution in [2.24, 2.45) is 0 Å². The summed E-state index contributed by atoms with van der Waals surface area (Å²) in [7, 11) is 0. The molecule has 0 aliphatic heterocycles. The van der Waals surface area contributed by atoms with Gasteiger partial charge in [-0.25, -0.2) is 0 Å². The molecule has 0 aliphatic rings. The van der Waals surface area contributed by atoms with E-state index in [1.807, 2.05) is 6.07 Å². The molecule has 0 atom stereocenters. The average Bonchev–Trinajstić information content (AvgIpc) is 2.88. The zero-order valence-corrected chi connectivity index (χ0v) is 13.4. The number of benzene rings is 1. The number of carboxylic acids is 1. The van der Waals surface area contributed by atoms with Crippen LogP contribution in [0.2, 0.25) is 0 Å². The van der Waals surface area contributed by atoms with Crippen molar-refractivity contribution in [2.45, 2.75) is 40.0 Å². The molecule has 0 radical (unpaired) electrons. The van der Waals surface area contributed by atoms with Gasteiger partial charge in [0.1, 0.15) is 0 Å². The van der Waals surface area contributed by atoms with E-state index in [2.05, 4.69) is 50.0 Å². The minimum atomic E-state index is -0.808. The number of aliphatic carboxylic acids is 1. The summed E-state index contributed by atoms with van der Waals surface area (Å²) in [6, 6.07) is 6.20. The van der Waals surface area contributed by atoms with E-state index < -0.39 is 5.97 Å². The van der Waals surface area contributed by atoms with E-state index in [0.717, 1.165) is 34.9 Å². The van der Waals surface area contributed by atoms with E-state index in [1.165, 1.54) is 11.1 Å². The Balaban J connectivity index is 2.50. The molecule has 0 saturated heterocycles. The summed E-state index contributed by atoms with van der Waals surface area (Å²) in [5.41, 5.74) is 5.47. The van der Waals surface area contributed by atoms with Crippen molar-refractivity contribution in [1.29, 1.82) is 0 Å². The maximum atomic E-state index is 11.0. The van der Waals surface area contributed by atoms with Crippen LogP contribution in [0.5, 0.6) is 0 Å². The number of fused-ring (bicyclic) bond motifs is 1. The molecule has 0 unspecified atom stereocenters. The molecule has 0 fully saturated rings. The van der Waals surface area contributed by atoms with E-state index >= 15 is 0 Å². The van der Waals surface area contributed by atoms with Gasteiger partial charge < -0.3 is 10.1 Å². The van der Waals surface area contributed by atoms with Crippen LogP contribution in [0.4, 0.5) is 0 Å². The van der Waals surface area contributed by atoms with Crippen molar-refractivity contribution in [2.75, 3.05) is 0 Å². The summed E-state index contributed by atoms with van der Waals surface area (Å²) in [5, 5.41) is 10.0. The van der Waals surface area contributed by atoms with E-state index in [0.29, 0.717) is 0 Å². The fraction of sp³-hybridized carbons (Fsp3) is 0.316. The molecule has 116 valence electrons. The molecule has 0 bridgehead atoms. The molecule has 22 heavy (non-hydrogen) atoms. The first-order chi connectivity index (χ1) is 10.5. The predicted octanol–water partition coefficient (Wildman–Crippen LogP) is 4.94. The summed E-state index contributed by atoms with van der Waals surface area (Å²) in [6.45, 7) is 6.41. The monoisotopic (exact) mass is 297 g/mol. The van der Waals surface area contributed by atoms with Crippen molar-refractivity contribution in [1.82, 2.24) is 4.98 Å². The van der Waals surface area contributed by atoms with Crippen LogP contribution < -0.4 is 0 Å². The van der Waals surface area contributed by atoms with Gasteiger partial charge in [-0.1, -0.05) is 37.6 Å². The van der Waals surface area contributed by atoms with Crippen LogP contribution in [0.3, 0.4) is 0 Å². The van der Waals surface area contributed by atoms with E-state index in [9.17, 15) is 4.79 Å². The molecule has 0 saturated carbocycles. The number of hydrogen-bond donors (Lipinski definition) is 2. The molecule has 2 aromatic rings. The van der Waals surface area contributed by atoms with Crippen LogP contribution in [-0.4, -0.2) is 16.1 Å². The largest absolute Gasteiger partial charge is 0.481 e. The van der Waals surface area contributed by atoms with Crippen molar-refractivity contribution in [3.8, 4) is 0 Å². The van der Waals surface area contributed by atoms with Gasteiger partial charge >= 0.3 is 5.97 Å². The van der Waals surface area contributed by atoms with Gasteiger partial charge in [-0.05, 0) is 48.6 Å². The molecule has 2 rings (SSSR count). The normalized spacial score (nSPS) is 12.9. The number of nitrogens with one attached hydrogen (secondary N) is 1. The Bertz CT molecular complexity index is 735. The molecule has 2 N–H and O–H groups in total. The van der Waals surface area contributed by atoms with E-state index in [-0.39, 0.29) is 6.42 Å². The maximum absolute atomic E-state index is 11.0. The zero-order chi connectivity index (χ0) is 16.1. The quantitative estimate of drug-likeness (QED) is 0.742. The topological polar surface area (TPSA) is 53.1 Å². The van der Waals surface area contributed by atoms with Crippen LogP contribution in [0.1, 0.15) is 44.7 Å². The maximum Gasteiger partial charge on any atom is 0.307 e. The third-order valence-corrected chi connectivity index (χ3v) is 3.83. The molecular weight excluding hydrogens is 274 g/mol. The molecule has 0 spiro atoms. The summed E-state index contributed by atoms with van der Waals surface area (Å²) < 4.78 is 0. The highest BCUT2D eigenvalue weighted by atomic mass is 16.4. The van der Waals surface area contributed by atoms with Crippen LogP contribution in [0.25, 0.3) is 16.5 Å². The number of aromatic nitrogens is 1. The molecular formula is C19H23NO2. The smallest absolute Gasteiger partial charge is 0.307 e. The van der Waals surface area contributed by atoms with Crippen molar-refractivity contribution in [3.05, 3.63) is 53.2 Å². The highest BCUT2D eigenvalue weighted by Crippen LogP contribution is 2.26. The summed E-state index contributed by atoms with van der Waals surface area (Å²) in [6.07, 6.45) is 8.25. The minimum absolute atomic E-state index is 0.0418. The van der Waals surface area contributed by atoms with Crippen molar-refractivity contribution >= 4 is 22.4 Å². The SMILES string of the molecule is CC/C=C(\C=C(\C)CC)c1ccc2[nH]cc(CC(=O)O)c2c1.